The lowest BCUT2D eigenvalue weighted by atomic mass is 9.86. The molecular formula is C61H47N7. The van der Waals surface area contributed by atoms with Crippen LogP contribution >= 0.6 is 0 Å². The first kappa shape index (κ1) is 42.0. The van der Waals surface area contributed by atoms with Crippen LogP contribution in [0.2, 0.25) is 0 Å². The predicted octanol–water partition coefficient (Wildman–Crippen LogP) is 15.1. The Labute approximate surface area is 395 Å². The minimum atomic E-state index is -0.0148. The zero-order valence-corrected chi connectivity index (χ0v) is 38.9. The summed E-state index contributed by atoms with van der Waals surface area (Å²) in [6.07, 6.45) is 0. The molecule has 0 radical (unpaired) electrons. The minimum absolute atomic E-state index is 0.0123. The lowest BCUT2D eigenvalue weighted by Crippen LogP contribution is -2.10. The number of aromatic nitrogens is 5. The number of benzene rings is 8. The van der Waals surface area contributed by atoms with Crippen molar-refractivity contribution in [1.29, 1.82) is 10.5 Å². The molecular weight excluding hydrogens is 831 g/mol. The number of hydrogen-bond donors (Lipinski definition) is 0. The Morgan fingerprint density at radius 3 is 1.46 bits per heavy atom. The Morgan fingerprint density at radius 2 is 0.882 bits per heavy atom. The summed E-state index contributed by atoms with van der Waals surface area (Å²) >= 11 is 0. The van der Waals surface area contributed by atoms with Crippen molar-refractivity contribution in [3.05, 3.63) is 198 Å². The Morgan fingerprint density at radius 1 is 0.382 bits per heavy atom. The lowest BCUT2D eigenvalue weighted by molar-refractivity contribution is 0.591. The summed E-state index contributed by atoms with van der Waals surface area (Å²) in [5, 5.41) is 25.7. The largest absolute Gasteiger partial charge is 0.309 e. The Bertz CT molecular complexity index is 3900. The summed E-state index contributed by atoms with van der Waals surface area (Å²) in [6, 6.07) is 65.2. The van der Waals surface area contributed by atoms with Crippen LogP contribution < -0.4 is 0 Å². The standard InChI is InChI=1S/C61H47N7/c1-60(2,3)42-23-29-55-51(33-42)47-19-10-12-21-53(47)67(55)44-25-27-46(41(32-44)37-63)58-64-57(39-16-8-7-9-17-39)65-59(66-58)49-28-26-45(35-50(49)40-18-14-15-38(31-40)36-62)68-54-22-13-11-20-48(54)52-34-43(61(4,5)6)24-30-56(52)68/h7-35H,1-6H3. The van der Waals surface area contributed by atoms with Gasteiger partial charge in [-0.3, -0.25) is 0 Å². The first-order valence-electron chi connectivity index (χ1n) is 23.0. The van der Waals surface area contributed by atoms with Gasteiger partial charge in [0, 0.05) is 49.6 Å². The van der Waals surface area contributed by atoms with Crippen molar-refractivity contribution in [2.45, 2.75) is 52.4 Å². The average molecular weight is 878 g/mol. The highest BCUT2D eigenvalue weighted by molar-refractivity contribution is 6.10. The predicted molar refractivity (Wildman–Crippen MR) is 277 cm³/mol. The molecule has 0 N–H and O–H groups in total. The topological polar surface area (TPSA) is 96.1 Å². The van der Waals surface area contributed by atoms with Crippen molar-refractivity contribution < 1.29 is 0 Å². The van der Waals surface area contributed by atoms with E-state index in [1.54, 1.807) is 0 Å². The highest BCUT2D eigenvalue weighted by atomic mass is 15.0. The van der Waals surface area contributed by atoms with E-state index in [0.717, 1.165) is 61.1 Å². The maximum atomic E-state index is 10.9. The zero-order valence-electron chi connectivity index (χ0n) is 38.9. The molecule has 0 unspecified atom stereocenters. The highest BCUT2D eigenvalue weighted by Crippen LogP contribution is 2.41. The maximum Gasteiger partial charge on any atom is 0.165 e. The van der Waals surface area contributed by atoms with Gasteiger partial charge < -0.3 is 9.13 Å². The number of para-hydroxylation sites is 2. The summed E-state index contributed by atoms with van der Waals surface area (Å²) in [5.41, 5.74) is 13.5. The Balaban J connectivity index is 1.11. The van der Waals surface area contributed by atoms with Crippen LogP contribution in [0.5, 0.6) is 0 Å². The van der Waals surface area contributed by atoms with Gasteiger partial charge in [0.15, 0.2) is 17.5 Å². The van der Waals surface area contributed by atoms with Crippen LogP contribution in [0.1, 0.15) is 63.8 Å². The van der Waals surface area contributed by atoms with Crippen LogP contribution in [0.3, 0.4) is 0 Å². The van der Waals surface area contributed by atoms with E-state index in [-0.39, 0.29) is 10.8 Å². The average Bonchev–Trinajstić information content (AvgIpc) is 3.88. The van der Waals surface area contributed by atoms with Gasteiger partial charge in [0.2, 0.25) is 0 Å². The van der Waals surface area contributed by atoms with Crippen LogP contribution in [0.25, 0.3) is 100 Å². The number of fused-ring (bicyclic) bond motifs is 6. The number of nitrogens with zero attached hydrogens (tertiary/aromatic N) is 7. The second-order valence-electron chi connectivity index (χ2n) is 19.6. The normalized spacial score (nSPS) is 11.9. The summed E-state index contributed by atoms with van der Waals surface area (Å²) in [4.78, 5) is 15.5. The molecule has 0 saturated heterocycles. The van der Waals surface area contributed by atoms with Crippen molar-refractivity contribution in [2.24, 2.45) is 0 Å². The number of hydrogen-bond acceptors (Lipinski definition) is 5. The molecule has 11 aromatic rings. The number of nitriles is 2. The molecule has 0 amide bonds. The monoisotopic (exact) mass is 877 g/mol. The molecule has 0 aliphatic carbocycles. The second kappa shape index (κ2) is 16.0. The summed E-state index contributed by atoms with van der Waals surface area (Å²) in [7, 11) is 0. The van der Waals surface area contributed by atoms with Crippen LogP contribution in [-0.4, -0.2) is 24.1 Å². The molecule has 7 heteroatoms. The molecule has 0 fully saturated rings. The zero-order chi connectivity index (χ0) is 46.9. The molecule has 0 atom stereocenters. The van der Waals surface area contributed by atoms with Gasteiger partial charge in [-0.15, -0.1) is 0 Å². The minimum Gasteiger partial charge on any atom is -0.309 e. The third-order valence-electron chi connectivity index (χ3n) is 13.2. The molecule has 7 nitrogen and oxygen atoms in total. The fourth-order valence-electron chi connectivity index (χ4n) is 9.59. The van der Waals surface area contributed by atoms with Crippen LogP contribution in [0, 0.1) is 22.7 Å². The molecule has 8 aromatic carbocycles. The van der Waals surface area contributed by atoms with Gasteiger partial charge >= 0.3 is 0 Å². The number of rotatable bonds is 6. The lowest BCUT2D eigenvalue weighted by Gasteiger charge is -2.19. The van der Waals surface area contributed by atoms with E-state index in [4.69, 9.17) is 15.0 Å². The van der Waals surface area contributed by atoms with E-state index in [9.17, 15) is 10.5 Å². The fraction of sp³-hybridized carbons (Fsp3) is 0.131. The van der Waals surface area contributed by atoms with Gasteiger partial charge in [0.05, 0.1) is 45.3 Å². The summed E-state index contributed by atoms with van der Waals surface area (Å²) in [5.74, 6) is 1.31. The van der Waals surface area contributed by atoms with Gasteiger partial charge in [-0.2, -0.15) is 10.5 Å². The molecule has 0 bridgehead atoms. The van der Waals surface area contributed by atoms with E-state index in [0.29, 0.717) is 34.2 Å². The molecule has 3 aromatic heterocycles. The van der Waals surface area contributed by atoms with Crippen molar-refractivity contribution in [1.82, 2.24) is 24.1 Å². The molecule has 68 heavy (non-hydrogen) atoms. The SMILES string of the molecule is CC(C)(C)c1ccc2c(c1)c1ccccc1n2-c1ccc(-c2nc(-c3ccccc3)nc(-c3ccc(-n4c5ccccc5c5cc(C(C)(C)C)ccc54)cc3-c3cccc(C#N)c3)n2)c(C#N)c1. The van der Waals surface area contributed by atoms with E-state index in [1.807, 2.05) is 66.7 Å². The van der Waals surface area contributed by atoms with E-state index in [2.05, 4.69) is 172 Å². The van der Waals surface area contributed by atoms with Crippen molar-refractivity contribution >= 4 is 43.6 Å². The first-order valence-corrected chi connectivity index (χ1v) is 23.0. The van der Waals surface area contributed by atoms with E-state index < -0.39 is 0 Å². The van der Waals surface area contributed by atoms with Gasteiger partial charge in [-0.1, -0.05) is 133 Å². The highest BCUT2D eigenvalue weighted by Gasteiger charge is 2.23. The van der Waals surface area contributed by atoms with Crippen LogP contribution in [0.4, 0.5) is 0 Å². The van der Waals surface area contributed by atoms with Gasteiger partial charge in [0.1, 0.15) is 0 Å². The molecule has 11 rings (SSSR count). The third kappa shape index (κ3) is 7.17. The summed E-state index contributed by atoms with van der Waals surface area (Å²) < 4.78 is 4.55. The smallest absolute Gasteiger partial charge is 0.165 e. The molecule has 0 aliphatic rings. The molecule has 0 saturated carbocycles. The van der Waals surface area contributed by atoms with Crippen molar-refractivity contribution in [3.63, 3.8) is 0 Å². The fourth-order valence-corrected chi connectivity index (χ4v) is 9.59. The van der Waals surface area contributed by atoms with E-state index >= 15 is 0 Å². The second-order valence-corrected chi connectivity index (χ2v) is 19.6. The quantitative estimate of drug-likeness (QED) is 0.166. The van der Waals surface area contributed by atoms with Crippen LogP contribution in [0.15, 0.2) is 176 Å². The van der Waals surface area contributed by atoms with Crippen LogP contribution in [-0.2, 0) is 10.8 Å². The third-order valence-corrected chi connectivity index (χ3v) is 13.2. The van der Waals surface area contributed by atoms with Crippen molar-refractivity contribution in [2.75, 3.05) is 0 Å². The maximum absolute atomic E-state index is 10.9. The Kier molecular flexibility index (Phi) is 9.92. The van der Waals surface area contributed by atoms with Gasteiger partial charge in [0.25, 0.3) is 0 Å². The molecule has 0 spiro atoms. The Hall–Kier alpha value is -8.65. The van der Waals surface area contributed by atoms with E-state index in [1.165, 1.54) is 27.3 Å². The first-order chi connectivity index (χ1) is 32.9. The molecule has 0 aliphatic heterocycles. The summed E-state index contributed by atoms with van der Waals surface area (Å²) in [6.45, 7) is 13.4. The van der Waals surface area contributed by atoms with Gasteiger partial charge in [-0.05, 0) is 118 Å². The van der Waals surface area contributed by atoms with Crippen molar-refractivity contribution in [3.8, 4) is 68.8 Å². The molecule has 3 heterocycles. The van der Waals surface area contributed by atoms with Gasteiger partial charge in [-0.25, -0.2) is 15.0 Å². The molecule has 326 valence electrons.